The molecule has 0 aromatic heterocycles. The molecule has 1 N–H and O–H groups in total. The molecule has 0 aliphatic carbocycles. The van der Waals surface area contributed by atoms with Gasteiger partial charge in [-0.05, 0) is 36.2 Å². The zero-order valence-corrected chi connectivity index (χ0v) is 17.5. The first kappa shape index (κ1) is 22.6. The predicted octanol–water partition coefficient (Wildman–Crippen LogP) is 5.55. The number of nitro benzene ring substituents is 1. The van der Waals surface area contributed by atoms with Gasteiger partial charge < -0.3 is 10.2 Å². The Kier molecular flexibility index (Phi) is 8.56. The van der Waals surface area contributed by atoms with Gasteiger partial charge in [0.2, 0.25) is 0 Å². The third-order valence-corrected chi connectivity index (χ3v) is 4.46. The van der Waals surface area contributed by atoms with Crippen LogP contribution in [0.4, 0.5) is 17.1 Å². The summed E-state index contributed by atoms with van der Waals surface area (Å²) in [4.78, 5) is 25.1. The van der Waals surface area contributed by atoms with Crippen LogP contribution in [-0.4, -0.2) is 24.4 Å². The quantitative estimate of drug-likeness (QED) is 0.413. The van der Waals surface area contributed by atoms with Crippen molar-refractivity contribution in [2.75, 3.05) is 23.8 Å². The fraction of sp³-hybridized carbons (Fsp3) is 0.208. The monoisotopic (exact) mass is 405 g/mol. The summed E-state index contributed by atoms with van der Waals surface area (Å²) >= 11 is 0. The van der Waals surface area contributed by atoms with Gasteiger partial charge in [-0.2, -0.15) is 0 Å². The van der Waals surface area contributed by atoms with Crippen molar-refractivity contribution in [1.29, 1.82) is 0 Å². The smallest absolute Gasteiger partial charge is 0.294 e. The summed E-state index contributed by atoms with van der Waals surface area (Å²) in [7, 11) is 1.61. The van der Waals surface area contributed by atoms with Gasteiger partial charge in [-0.1, -0.05) is 62.4 Å². The Balaban J connectivity index is 0.00000155. The minimum atomic E-state index is -0.435. The maximum absolute atomic E-state index is 12.6. The third-order valence-electron chi connectivity index (χ3n) is 4.46. The molecular formula is C24H27N3O3. The molecule has 0 heterocycles. The van der Waals surface area contributed by atoms with Crippen molar-refractivity contribution >= 4 is 23.0 Å². The van der Waals surface area contributed by atoms with E-state index in [1.165, 1.54) is 11.0 Å². The molecule has 6 heteroatoms. The van der Waals surface area contributed by atoms with E-state index in [2.05, 4.69) is 5.32 Å². The number of carbonyl (C=O) groups excluding carboxylic acids is 1. The molecule has 0 saturated heterocycles. The Morgan fingerprint density at radius 2 is 1.57 bits per heavy atom. The summed E-state index contributed by atoms with van der Waals surface area (Å²) in [5.74, 6) is -0.223. The predicted molar refractivity (Wildman–Crippen MR) is 122 cm³/mol. The highest BCUT2D eigenvalue weighted by Gasteiger charge is 2.19. The van der Waals surface area contributed by atoms with Crippen molar-refractivity contribution in [3.05, 3.63) is 100 Å². The van der Waals surface area contributed by atoms with E-state index in [9.17, 15) is 14.9 Å². The Hall–Kier alpha value is -3.67. The van der Waals surface area contributed by atoms with Crippen molar-refractivity contribution in [2.24, 2.45) is 0 Å². The molecule has 3 aromatic rings. The van der Waals surface area contributed by atoms with Gasteiger partial charge >= 0.3 is 0 Å². The van der Waals surface area contributed by atoms with Crippen LogP contribution >= 0.6 is 0 Å². The molecule has 156 valence electrons. The molecule has 0 aliphatic rings. The Morgan fingerprint density at radius 3 is 2.17 bits per heavy atom. The van der Waals surface area contributed by atoms with Gasteiger partial charge in [0.25, 0.3) is 11.6 Å². The molecule has 0 saturated carbocycles. The average Bonchev–Trinajstić information content (AvgIpc) is 2.80. The van der Waals surface area contributed by atoms with E-state index in [0.29, 0.717) is 23.5 Å². The molecular weight excluding hydrogens is 378 g/mol. The normalized spacial score (nSPS) is 9.83. The molecule has 3 aromatic carbocycles. The number of anilines is 2. The largest absolute Gasteiger partial charge is 0.379 e. The highest BCUT2D eigenvalue weighted by molar-refractivity contribution is 6.06. The number of hydrogen-bond donors (Lipinski definition) is 1. The Morgan fingerprint density at radius 1 is 0.967 bits per heavy atom. The van der Waals surface area contributed by atoms with Gasteiger partial charge in [-0.15, -0.1) is 0 Å². The molecule has 30 heavy (non-hydrogen) atoms. The van der Waals surface area contributed by atoms with Crippen LogP contribution < -0.4 is 10.2 Å². The number of nitrogens with one attached hydrogen (secondary N) is 1. The molecule has 0 aliphatic heterocycles. The molecule has 0 radical (unpaired) electrons. The van der Waals surface area contributed by atoms with Crippen LogP contribution in [0.25, 0.3) is 0 Å². The van der Waals surface area contributed by atoms with Gasteiger partial charge in [0.1, 0.15) is 5.69 Å². The summed E-state index contributed by atoms with van der Waals surface area (Å²) in [5, 5.41) is 14.7. The molecule has 0 bridgehead atoms. The summed E-state index contributed by atoms with van der Waals surface area (Å²) < 4.78 is 0. The number of amides is 1. The van der Waals surface area contributed by atoms with Crippen LogP contribution in [0.5, 0.6) is 0 Å². The minimum Gasteiger partial charge on any atom is -0.379 e. The lowest BCUT2D eigenvalue weighted by Gasteiger charge is -2.18. The molecule has 3 rings (SSSR count). The molecule has 1 amide bonds. The van der Waals surface area contributed by atoms with Gasteiger partial charge in [-0.3, -0.25) is 14.9 Å². The number of benzene rings is 3. The fourth-order valence-electron chi connectivity index (χ4n) is 2.91. The van der Waals surface area contributed by atoms with Crippen molar-refractivity contribution < 1.29 is 9.72 Å². The lowest BCUT2D eigenvalue weighted by molar-refractivity contribution is -0.383. The van der Waals surface area contributed by atoms with Crippen LogP contribution in [0.1, 0.15) is 29.8 Å². The first-order valence-electron chi connectivity index (χ1n) is 9.95. The Labute approximate surface area is 177 Å². The first-order valence-corrected chi connectivity index (χ1v) is 9.95. The van der Waals surface area contributed by atoms with Crippen LogP contribution in [0.2, 0.25) is 0 Å². The SMILES string of the molecule is CC.CN(C(=O)c1ccccc1)c1ccc(NCCc2ccccc2)c([N+](=O)[O-])c1. The molecule has 0 unspecified atom stereocenters. The van der Waals surface area contributed by atoms with E-state index in [0.717, 1.165) is 12.0 Å². The zero-order valence-electron chi connectivity index (χ0n) is 17.5. The molecule has 0 fully saturated rings. The highest BCUT2D eigenvalue weighted by atomic mass is 16.6. The topological polar surface area (TPSA) is 75.5 Å². The van der Waals surface area contributed by atoms with E-state index in [-0.39, 0.29) is 11.6 Å². The minimum absolute atomic E-state index is 0.0572. The summed E-state index contributed by atoms with van der Waals surface area (Å²) in [5.41, 5.74) is 2.53. The van der Waals surface area contributed by atoms with Crippen molar-refractivity contribution in [1.82, 2.24) is 0 Å². The standard InChI is InChI=1S/C22H21N3O3.C2H6/c1-24(22(26)18-10-6-3-7-11-18)19-12-13-20(21(16-19)25(27)28)23-15-14-17-8-4-2-5-9-17;1-2/h2-13,16,23H,14-15H2,1H3;1-2H3. The maximum Gasteiger partial charge on any atom is 0.294 e. The summed E-state index contributed by atoms with van der Waals surface area (Å²) in [6.07, 6.45) is 0.756. The maximum atomic E-state index is 12.6. The van der Waals surface area contributed by atoms with Crippen LogP contribution in [0.15, 0.2) is 78.9 Å². The highest BCUT2D eigenvalue weighted by Crippen LogP contribution is 2.30. The zero-order chi connectivity index (χ0) is 21.9. The number of nitro groups is 1. The number of rotatable bonds is 7. The van der Waals surface area contributed by atoms with E-state index < -0.39 is 4.92 Å². The first-order chi connectivity index (χ1) is 14.6. The molecule has 0 spiro atoms. The van der Waals surface area contributed by atoms with Crippen molar-refractivity contribution in [3.8, 4) is 0 Å². The van der Waals surface area contributed by atoms with E-state index in [1.807, 2.05) is 50.2 Å². The second-order valence-corrected chi connectivity index (χ2v) is 6.35. The summed E-state index contributed by atoms with van der Waals surface area (Å²) in [6.45, 7) is 4.57. The second-order valence-electron chi connectivity index (χ2n) is 6.35. The Bertz CT molecular complexity index is 960. The van der Waals surface area contributed by atoms with E-state index >= 15 is 0 Å². The molecule has 0 atom stereocenters. The van der Waals surface area contributed by atoms with Gasteiger partial charge in [0.15, 0.2) is 0 Å². The van der Waals surface area contributed by atoms with Crippen molar-refractivity contribution in [3.63, 3.8) is 0 Å². The van der Waals surface area contributed by atoms with Crippen molar-refractivity contribution in [2.45, 2.75) is 20.3 Å². The number of nitrogens with zero attached hydrogens (tertiary/aromatic N) is 2. The molecule has 6 nitrogen and oxygen atoms in total. The van der Waals surface area contributed by atoms with Crippen LogP contribution in [0.3, 0.4) is 0 Å². The number of carbonyl (C=O) groups is 1. The van der Waals surface area contributed by atoms with E-state index in [1.54, 1.807) is 43.4 Å². The van der Waals surface area contributed by atoms with Crippen LogP contribution in [-0.2, 0) is 6.42 Å². The van der Waals surface area contributed by atoms with Gasteiger partial charge in [-0.25, -0.2) is 0 Å². The van der Waals surface area contributed by atoms with Gasteiger partial charge in [0, 0.05) is 25.2 Å². The lowest BCUT2D eigenvalue weighted by atomic mass is 10.1. The van der Waals surface area contributed by atoms with Gasteiger partial charge in [0.05, 0.1) is 10.6 Å². The lowest BCUT2D eigenvalue weighted by Crippen LogP contribution is -2.26. The summed E-state index contributed by atoms with van der Waals surface area (Å²) in [6, 6.07) is 23.5. The average molecular weight is 405 g/mol. The number of hydrogen-bond acceptors (Lipinski definition) is 4. The van der Waals surface area contributed by atoms with E-state index in [4.69, 9.17) is 0 Å². The fourth-order valence-corrected chi connectivity index (χ4v) is 2.91. The second kappa shape index (κ2) is 11.4. The van der Waals surface area contributed by atoms with Crippen LogP contribution in [0, 0.1) is 10.1 Å². The third kappa shape index (κ3) is 5.91.